The van der Waals surface area contributed by atoms with Gasteiger partial charge in [-0.15, -0.1) is 0 Å². The van der Waals surface area contributed by atoms with Crippen LogP contribution in [0.15, 0.2) is 83.5 Å². The second-order valence-corrected chi connectivity index (χ2v) is 7.49. The number of halogens is 1. The van der Waals surface area contributed by atoms with Crippen LogP contribution in [-0.2, 0) is 20.9 Å². The molecule has 0 unspecified atom stereocenters. The Balaban J connectivity index is 1.54. The average Bonchev–Trinajstić information content (AvgIpc) is 3.13. The number of anilines is 1. The Morgan fingerprint density at radius 1 is 1.09 bits per heavy atom. The molecule has 0 spiro atoms. The van der Waals surface area contributed by atoms with E-state index in [9.17, 15) is 9.59 Å². The molecule has 6 nitrogen and oxygen atoms in total. The number of hydrogen-bond acceptors (Lipinski definition) is 5. The van der Waals surface area contributed by atoms with Crippen molar-refractivity contribution in [3.8, 4) is 5.75 Å². The van der Waals surface area contributed by atoms with Crippen molar-refractivity contribution in [1.82, 2.24) is 0 Å². The van der Waals surface area contributed by atoms with Crippen LogP contribution in [-0.4, -0.2) is 17.8 Å². The normalized spacial score (nSPS) is 14.1. The van der Waals surface area contributed by atoms with E-state index in [1.165, 1.54) is 6.92 Å². The monoisotopic (exact) mass is 446 g/mol. The molecule has 0 radical (unpaired) electrons. The third-order valence-electron chi connectivity index (χ3n) is 4.57. The maximum absolute atomic E-state index is 12.4. The van der Waals surface area contributed by atoms with Crippen molar-refractivity contribution >= 4 is 41.1 Å². The lowest BCUT2D eigenvalue weighted by Crippen LogP contribution is -2.07. The van der Waals surface area contributed by atoms with Crippen molar-refractivity contribution in [1.29, 1.82) is 0 Å². The third kappa shape index (κ3) is 5.22. The minimum atomic E-state index is -0.546. The summed E-state index contributed by atoms with van der Waals surface area (Å²) < 4.78 is 11.3. The van der Waals surface area contributed by atoms with Crippen LogP contribution in [0.25, 0.3) is 6.08 Å². The summed E-state index contributed by atoms with van der Waals surface area (Å²) in [5, 5.41) is 3.33. The molecule has 0 saturated heterocycles. The maximum atomic E-state index is 12.4. The number of carbonyl (C=O) groups is 2. The fourth-order valence-corrected chi connectivity index (χ4v) is 3.31. The van der Waals surface area contributed by atoms with E-state index in [1.807, 2.05) is 42.5 Å². The molecule has 0 aliphatic carbocycles. The topological polar surface area (TPSA) is 77.0 Å². The molecule has 1 N–H and O–H groups in total. The molecule has 1 aliphatic heterocycles. The van der Waals surface area contributed by atoms with E-state index in [0.29, 0.717) is 34.2 Å². The van der Waals surface area contributed by atoms with E-state index in [-0.39, 0.29) is 17.5 Å². The minimum absolute atomic E-state index is 0.163. The molecule has 1 aliphatic rings. The Kier molecular flexibility index (Phi) is 6.33. The summed E-state index contributed by atoms with van der Waals surface area (Å²) in [5.41, 5.74) is 3.08. The Morgan fingerprint density at radius 3 is 2.62 bits per heavy atom. The molecular weight excluding hydrogens is 428 g/mol. The molecule has 160 valence electrons. The number of nitrogens with one attached hydrogen (secondary N) is 1. The molecular formula is C25H19ClN2O4. The summed E-state index contributed by atoms with van der Waals surface area (Å²) in [6.07, 6.45) is 1.63. The number of esters is 1. The maximum Gasteiger partial charge on any atom is 0.363 e. The van der Waals surface area contributed by atoms with Gasteiger partial charge in [0.1, 0.15) is 12.4 Å². The van der Waals surface area contributed by atoms with E-state index in [1.54, 1.807) is 36.4 Å². The summed E-state index contributed by atoms with van der Waals surface area (Å²) in [6, 6.07) is 21.7. The van der Waals surface area contributed by atoms with Crippen LogP contribution >= 0.6 is 11.6 Å². The van der Waals surface area contributed by atoms with Gasteiger partial charge >= 0.3 is 5.97 Å². The van der Waals surface area contributed by atoms with Gasteiger partial charge in [-0.05, 0) is 54.1 Å². The van der Waals surface area contributed by atoms with Crippen molar-refractivity contribution in [2.75, 3.05) is 5.32 Å². The van der Waals surface area contributed by atoms with Crippen LogP contribution in [0.3, 0.4) is 0 Å². The number of benzene rings is 3. The highest BCUT2D eigenvalue weighted by atomic mass is 35.5. The van der Waals surface area contributed by atoms with Gasteiger partial charge in [-0.25, -0.2) is 9.79 Å². The number of nitrogens with zero attached hydrogens (tertiary/aromatic N) is 1. The van der Waals surface area contributed by atoms with Crippen molar-refractivity contribution in [2.24, 2.45) is 4.99 Å². The summed E-state index contributed by atoms with van der Waals surface area (Å²) >= 11 is 6.03. The lowest BCUT2D eigenvalue weighted by molar-refractivity contribution is -0.129. The Bertz CT molecular complexity index is 1230. The molecule has 0 atom stereocenters. The first-order valence-electron chi connectivity index (χ1n) is 9.85. The molecule has 3 aromatic rings. The lowest BCUT2D eigenvalue weighted by Gasteiger charge is -2.09. The third-order valence-corrected chi connectivity index (χ3v) is 4.80. The fraction of sp³-hybridized carbons (Fsp3) is 0.0800. The summed E-state index contributed by atoms with van der Waals surface area (Å²) in [4.78, 5) is 27.9. The minimum Gasteiger partial charge on any atom is -0.488 e. The Morgan fingerprint density at radius 2 is 1.88 bits per heavy atom. The van der Waals surface area contributed by atoms with Crippen molar-refractivity contribution in [3.05, 3.63) is 100 Å². The average molecular weight is 447 g/mol. The molecule has 1 amide bonds. The Labute approximate surface area is 190 Å². The number of hydrogen-bond donors (Lipinski definition) is 1. The number of aliphatic imine (C=N–C) groups is 1. The summed E-state index contributed by atoms with van der Waals surface area (Å²) in [6.45, 7) is 1.77. The summed E-state index contributed by atoms with van der Waals surface area (Å²) in [5.74, 6) is 0.100. The van der Waals surface area contributed by atoms with Gasteiger partial charge in [-0.1, -0.05) is 41.9 Å². The zero-order valence-electron chi connectivity index (χ0n) is 17.2. The van der Waals surface area contributed by atoms with Crippen LogP contribution in [0.1, 0.15) is 23.6 Å². The first-order valence-corrected chi connectivity index (χ1v) is 10.2. The van der Waals surface area contributed by atoms with Crippen LogP contribution in [0.2, 0.25) is 5.02 Å². The molecule has 0 saturated carbocycles. The second kappa shape index (κ2) is 9.49. The van der Waals surface area contributed by atoms with E-state index in [4.69, 9.17) is 21.1 Å². The molecule has 0 aromatic heterocycles. The second-order valence-electron chi connectivity index (χ2n) is 7.05. The van der Waals surface area contributed by atoms with Crippen LogP contribution in [0.4, 0.5) is 5.69 Å². The van der Waals surface area contributed by atoms with Gasteiger partial charge in [0.25, 0.3) is 0 Å². The molecule has 1 heterocycles. The lowest BCUT2D eigenvalue weighted by atomic mass is 10.1. The van der Waals surface area contributed by atoms with Crippen LogP contribution in [0.5, 0.6) is 5.75 Å². The van der Waals surface area contributed by atoms with E-state index >= 15 is 0 Å². The van der Waals surface area contributed by atoms with Gasteiger partial charge in [0.2, 0.25) is 11.8 Å². The highest BCUT2D eigenvalue weighted by molar-refractivity contribution is 6.30. The van der Waals surface area contributed by atoms with Crippen molar-refractivity contribution < 1.29 is 19.1 Å². The van der Waals surface area contributed by atoms with Crippen LogP contribution in [0, 0.1) is 0 Å². The van der Waals surface area contributed by atoms with Gasteiger partial charge in [0.15, 0.2) is 5.70 Å². The molecule has 0 bridgehead atoms. The predicted octanol–water partition coefficient (Wildman–Crippen LogP) is 5.22. The molecule has 7 heteroatoms. The van der Waals surface area contributed by atoms with Gasteiger partial charge in [0.05, 0.1) is 0 Å². The number of para-hydroxylation sites is 1. The fourth-order valence-electron chi connectivity index (χ4n) is 3.10. The van der Waals surface area contributed by atoms with Gasteiger partial charge in [-0.3, -0.25) is 4.79 Å². The molecule has 0 fully saturated rings. The van der Waals surface area contributed by atoms with E-state index in [0.717, 1.165) is 5.56 Å². The van der Waals surface area contributed by atoms with Gasteiger partial charge in [0, 0.05) is 28.8 Å². The summed E-state index contributed by atoms with van der Waals surface area (Å²) in [7, 11) is 0. The molecule has 3 aromatic carbocycles. The zero-order chi connectivity index (χ0) is 22.5. The van der Waals surface area contributed by atoms with Crippen LogP contribution < -0.4 is 10.1 Å². The number of ether oxygens (including phenoxy) is 2. The largest absolute Gasteiger partial charge is 0.488 e. The standard InChI is InChI=1S/C25H19ClN2O4/c1-16(29)27-21-11-9-18(10-12-21)24-28-22(25(30)32-24)14-19-6-2-3-8-23(19)31-15-17-5-4-7-20(26)13-17/h2-14H,15H2,1H3,(H,27,29)/b22-14-. The first kappa shape index (κ1) is 21.3. The van der Waals surface area contributed by atoms with Gasteiger partial charge < -0.3 is 14.8 Å². The van der Waals surface area contributed by atoms with Crippen molar-refractivity contribution in [2.45, 2.75) is 13.5 Å². The number of cyclic esters (lactones) is 1. The predicted molar refractivity (Wildman–Crippen MR) is 124 cm³/mol. The number of amides is 1. The van der Waals surface area contributed by atoms with Gasteiger partial charge in [-0.2, -0.15) is 0 Å². The molecule has 32 heavy (non-hydrogen) atoms. The SMILES string of the molecule is CC(=O)Nc1ccc(C2=N/C(=C\c3ccccc3OCc3cccc(Cl)c3)C(=O)O2)cc1. The first-order chi connectivity index (χ1) is 15.5. The number of carbonyl (C=O) groups excluding carboxylic acids is 2. The number of rotatable bonds is 6. The highest BCUT2D eigenvalue weighted by Crippen LogP contribution is 2.26. The molecule has 4 rings (SSSR count). The quantitative estimate of drug-likeness (QED) is 0.416. The highest BCUT2D eigenvalue weighted by Gasteiger charge is 2.24. The zero-order valence-corrected chi connectivity index (χ0v) is 17.9. The van der Waals surface area contributed by atoms with Crippen molar-refractivity contribution in [3.63, 3.8) is 0 Å². The Hall–Kier alpha value is -3.90. The smallest absolute Gasteiger partial charge is 0.363 e. The van der Waals surface area contributed by atoms with E-state index < -0.39 is 5.97 Å². The van der Waals surface area contributed by atoms with E-state index in [2.05, 4.69) is 10.3 Å².